The van der Waals surface area contributed by atoms with Crippen molar-refractivity contribution in [2.45, 2.75) is 25.8 Å². The number of H-pyrrole nitrogens is 1. The number of hydrogen-bond donors (Lipinski definition) is 2. The average Bonchev–Trinajstić information content (AvgIpc) is 3.24. The Hall–Kier alpha value is -3.94. The van der Waals surface area contributed by atoms with Crippen LogP contribution in [-0.4, -0.2) is 47.4 Å². The summed E-state index contributed by atoms with van der Waals surface area (Å²) in [5.41, 5.74) is 5.43. The van der Waals surface area contributed by atoms with Crippen molar-refractivity contribution in [1.82, 2.24) is 20.2 Å². The number of rotatable bonds is 5. The molecule has 7 nitrogen and oxygen atoms in total. The molecule has 1 aliphatic heterocycles. The Morgan fingerprint density at radius 1 is 1.24 bits per heavy atom. The Labute approximate surface area is 195 Å². The van der Waals surface area contributed by atoms with E-state index >= 15 is 0 Å². The zero-order valence-corrected chi connectivity index (χ0v) is 19.1. The molecule has 0 saturated carbocycles. The van der Waals surface area contributed by atoms with Crippen LogP contribution in [0.2, 0.25) is 0 Å². The third-order valence-electron chi connectivity index (χ3n) is 6.42. The molecule has 0 saturated heterocycles. The summed E-state index contributed by atoms with van der Waals surface area (Å²) < 4.78 is 19.4. The van der Waals surface area contributed by atoms with Gasteiger partial charge in [-0.05, 0) is 35.7 Å². The molecule has 2 amide bonds. The molecule has 0 bridgehead atoms. The summed E-state index contributed by atoms with van der Waals surface area (Å²) in [6, 6.07) is 13.0. The van der Waals surface area contributed by atoms with E-state index in [2.05, 4.69) is 16.4 Å². The number of halogens is 1. The predicted octanol–water partition coefficient (Wildman–Crippen LogP) is 3.48. The van der Waals surface area contributed by atoms with Gasteiger partial charge in [0.1, 0.15) is 6.42 Å². The first-order valence-corrected chi connectivity index (χ1v) is 11.2. The number of benzene rings is 2. The standard InChI is InChI=1S/C26H25FN4O3/c1-28-23(32)13-24(33)31-10-9-17-21(14-31)29-20(12-15-7-8-22(34-2)18(27)11-15)26-25(17)16-5-3-4-6-19(16)30-26/h3-8,11,30H,9-10,12-14H2,1-2H3,(H,28,32). The van der Waals surface area contributed by atoms with Crippen molar-refractivity contribution in [3.63, 3.8) is 0 Å². The molecular formula is C26H25FN4O3. The number of pyridine rings is 1. The number of carbonyl (C=O) groups is 2. The summed E-state index contributed by atoms with van der Waals surface area (Å²) in [6.45, 7) is 0.868. The smallest absolute Gasteiger partial charge is 0.232 e. The van der Waals surface area contributed by atoms with Crippen molar-refractivity contribution in [3.05, 3.63) is 70.8 Å². The first-order valence-electron chi connectivity index (χ1n) is 11.2. The van der Waals surface area contributed by atoms with Gasteiger partial charge >= 0.3 is 0 Å². The second kappa shape index (κ2) is 8.78. The fraction of sp³-hybridized carbons (Fsp3) is 0.269. The number of amides is 2. The summed E-state index contributed by atoms with van der Waals surface area (Å²) in [6.07, 6.45) is 0.889. The molecule has 2 aromatic carbocycles. The molecule has 0 atom stereocenters. The Kier molecular flexibility index (Phi) is 5.65. The van der Waals surface area contributed by atoms with Crippen LogP contribution in [0.15, 0.2) is 42.5 Å². The molecule has 34 heavy (non-hydrogen) atoms. The normalized spacial score (nSPS) is 13.2. The third-order valence-corrected chi connectivity index (χ3v) is 6.42. The summed E-state index contributed by atoms with van der Waals surface area (Å²) in [7, 11) is 2.96. The largest absolute Gasteiger partial charge is 0.494 e. The maximum atomic E-state index is 14.4. The summed E-state index contributed by atoms with van der Waals surface area (Å²) in [5.74, 6) is -0.748. The van der Waals surface area contributed by atoms with Gasteiger partial charge in [0.2, 0.25) is 11.8 Å². The maximum Gasteiger partial charge on any atom is 0.232 e. The second-order valence-corrected chi connectivity index (χ2v) is 8.47. The molecule has 8 heteroatoms. The molecule has 0 fully saturated rings. The average molecular weight is 461 g/mol. The van der Waals surface area contributed by atoms with Crippen LogP contribution in [0.4, 0.5) is 4.39 Å². The molecule has 0 unspecified atom stereocenters. The first kappa shape index (κ1) is 21.9. The quantitative estimate of drug-likeness (QED) is 0.447. The number of methoxy groups -OCH3 is 1. The highest BCUT2D eigenvalue weighted by atomic mass is 19.1. The van der Waals surface area contributed by atoms with Gasteiger partial charge in [0.15, 0.2) is 11.6 Å². The number of aromatic nitrogens is 2. The number of ether oxygens (including phenoxy) is 1. The van der Waals surface area contributed by atoms with Gasteiger partial charge in [0.25, 0.3) is 0 Å². The zero-order valence-electron chi connectivity index (χ0n) is 19.1. The van der Waals surface area contributed by atoms with Crippen LogP contribution in [0.1, 0.15) is 28.9 Å². The van der Waals surface area contributed by atoms with Gasteiger partial charge in [-0.25, -0.2) is 4.39 Å². The number of aromatic amines is 1. The van der Waals surface area contributed by atoms with Gasteiger partial charge in [-0.3, -0.25) is 14.6 Å². The fourth-order valence-corrected chi connectivity index (χ4v) is 4.70. The molecule has 2 N–H and O–H groups in total. The molecule has 0 radical (unpaired) electrons. The van der Waals surface area contributed by atoms with E-state index in [1.54, 1.807) is 11.0 Å². The zero-order chi connectivity index (χ0) is 23.8. The van der Waals surface area contributed by atoms with Crippen molar-refractivity contribution in [2.24, 2.45) is 0 Å². The van der Waals surface area contributed by atoms with Gasteiger partial charge in [-0.1, -0.05) is 24.3 Å². The van der Waals surface area contributed by atoms with Crippen LogP contribution in [0.5, 0.6) is 5.75 Å². The van der Waals surface area contributed by atoms with E-state index in [0.717, 1.165) is 44.3 Å². The van der Waals surface area contributed by atoms with E-state index in [-0.39, 0.29) is 24.0 Å². The van der Waals surface area contributed by atoms with E-state index in [1.807, 2.05) is 24.3 Å². The predicted molar refractivity (Wildman–Crippen MR) is 127 cm³/mol. The number of hydrogen-bond acceptors (Lipinski definition) is 4. The van der Waals surface area contributed by atoms with Crippen LogP contribution in [-0.2, 0) is 29.0 Å². The van der Waals surface area contributed by atoms with E-state index in [9.17, 15) is 14.0 Å². The highest BCUT2D eigenvalue weighted by Gasteiger charge is 2.27. The number of nitrogens with one attached hydrogen (secondary N) is 2. The minimum Gasteiger partial charge on any atom is -0.494 e. The van der Waals surface area contributed by atoms with Gasteiger partial charge in [0.05, 0.1) is 30.6 Å². The lowest BCUT2D eigenvalue weighted by molar-refractivity contribution is -0.136. The van der Waals surface area contributed by atoms with E-state index in [0.29, 0.717) is 25.9 Å². The topological polar surface area (TPSA) is 87.3 Å². The molecule has 174 valence electrons. The Morgan fingerprint density at radius 2 is 2.06 bits per heavy atom. The van der Waals surface area contributed by atoms with E-state index in [4.69, 9.17) is 9.72 Å². The van der Waals surface area contributed by atoms with Gasteiger partial charge in [-0.2, -0.15) is 0 Å². The highest BCUT2D eigenvalue weighted by Crippen LogP contribution is 2.35. The van der Waals surface area contributed by atoms with Gasteiger partial charge < -0.3 is 19.9 Å². The Balaban J connectivity index is 1.59. The molecule has 0 spiro atoms. The molecule has 2 aromatic heterocycles. The van der Waals surface area contributed by atoms with Gasteiger partial charge in [-0.15, -0.1) is 0 Å². The monoisotopic (exact) mass is 460 g/mol. The number of nitrogens with zero attached hydrogens (tertiary/aromatic N) is 2. The third kappa shape index (κ3) is 3.85. The van der Waals surface area contributed by atoms with Crippen LogP contribution >= 0.6 is 0 Å². The van der Waals surface area contributed by atoms with Crippen molar-refractivity contribution < 1.29 is 18.7 Å². The van der Waals surface area contributed by atoms with Crippen molar-refractivity contribution in [1.29, 1.82) is 0 Å². The lowest BCUT2D eigenvalue weighted by atomic mass is 9.96. The minimum atomic E-state index is -0.420. The summed E-state index contributed by atoms with van der Waals surface area (Å²) >= 11 is 0. The molecule has 3 heterocycles. The molecule has 4 aromatic rings. The first-order chi connectivity index (χ1) is 16.5. The summed E-state index contributed by atoms with van der Waals surface area (Å²) in [4.78, 5) is 34.5. The van der Waals surface area contributed by atoms with Crippen molar-refractivity contribution in [3.8, 4) is 5.75 Å². The summed E-state index contributed by atoms with van der Waals surface area (Å²) in [5, 5.41) is 4.70. The molecule has 5 rings (SSSR count). The van der Waals surface area contributed by atoms with Crippen LogP contribution in [0, 0.1) is 5.82 Å². The van der Waals surface area contributed by atoms with Crippen LogP contribution < -0.4 is 10.1 Å². The van der Waals surface area contributed by atoms with Crippen molar-refractivity contribution in [2.75, 3.05) is 20.7 Å². The van der Waals surface area contributed by atoms with E-state index in [1.165, 1.54) is 20.2 Å². The molecule has 1 aliphatic rings. The minimum absolute atomic E-state index is 0.181. The number of fused-ring (bicyclic) bond motifs is 5. The number of para-hydroxylation sites is 1. The Morgan fingerprint density at radius 3 is 2.82 bits per heavy atom. The maximum absolute atomic E-state index is 14.4. The second-order valence-electron chi connectivity index (χ2n) is 8.47. The van der Waals surface area contributed by atoms with Crippen molar-refractivity contribution >= 4 is 33.6 Å². The SMILES string of the molecule is CNC(=O)CC(=O)N1CCc2c(nc(Cc3ccc(OC)c(F)c3)c3[nH]c4ccccc4c23)C1. The highest BCUT2D eigenvalue weighted by molar-refractivity contribution is 6.10. The Bertz CT molecular complexity index is 1430. The lowest BCUT2D eigenvalue weighted by Gasteiger charge is -2.29. The fourth-order valence-electron chi connectivity index (χ4n) is 4.70. The van der Waals surface area contributed by atoms with E-state index < -0.39 is 5.82 Å². The van der Waals surface area contributed by atoms with Crippen LogP contribution in [0.25, 0.3) is 21.8 Å². The number of carbonyl (C=O) groups excluding carboxylic acids is 2. The molecule has 0 aliphatic carbocycles. The molecular weight excluding hydrogens is 435 g/mol. The lowest BCUT2D eigenvalue weighted by Crippen LogP contribution is -2.39. The van der Waals surface area contributed by atoms with Gasteiger partial charge in [0, 0.05) is 36.3 Å². The van der Waals surface area contributed by atoms with Crippen LogP contribution in [0.3, 0.4) is 0 Å².